The van der Waals surface area contributed by atoms with E-state index in [1.54, 1.807) is 37.3 Å². The zero-order valence-corrected chi connectivity index (χ0v) is 43.3. The van der Waals surface area contributed by atoms with Gasteiger partial charge in [0.15, 0.2) is 14.3 Å². The van der Waals surface area contributed by atoms with Crippen LogP contribution in [0, 0.1) is 49.4 Å². The molecule has 10 aromatic carbocycles. The van der Waals surface area contributed by atoms with Gasteiger partial charge in [0.05, 0.1) is 5.52 Å². The Morgan fingerprint density at radius 2 is 0.795 bits per heavy atom. The number of nitrogens with zero attached hydrogens (tertiary/aromatic N) is 1. The van der Waals surface area contributed by atoms with Crippen molar-refractivity contribution >= 4 is 95.1 Å². The number of ketones is 1. The zero-order chi connectivity index (χ0) is 50.2. The second-order valence-electron chi connectivity index (χ2n) is 17.2. The molecular weight excluding hydrogens is 1100 g/mol. The molecule has 0 unspecified atom stereocenters. The van der Waals surface area contributed by atoms with Crippen molar-refractivity contribution in [2.24, 2.45) is 0 Å². The summed E-state index contributed by atoms with van der Waals surface area (Å²) in [4.78, 5) is 24.0. The van der Waals surface area contributed by atoms with Crippen LogP contribution in [-0.2, 0) is 15.7 Å². The molecule has 0 amide bonds. The normalized spacial score (nSPS) is 11.8. The minimum Gasteiger partial charge on any atom is -0.506 e. The first-order valence-electron chi connectivity index (χ1n) is 23.2. The number of alkyl halides is 3. The molecule has 0 fully saturated rings. The number of fused-ring (bicyclic) bond motifs is 5. The van der Waals surface area contributed by atoms with Gasteiger partial charge in [-0.25, -0.2) is 0 Å². The van der Waals surface area contributed by atoms with Crippen molar-refractivity contribution in [2.75, 3.05) is 0 Å². The van der Waals surface area contributed by atoms with Crippen LogP contribution < -0.4 is 37.4 Å². The van der Waals surface area contributed by atoms with Gasteiger partial charge in [0.2, 0.25) is 0 Å². The Morgan fingerprint density at radius 1 is 0.466 bits per heavy atom. The SMILES string of the molecule is CCn1c(=O)c(C(=O)C(F)(F)F)c(O)c2ccc3ccccc3c21.O=P(c1ccccc1)(c1ccccc1)c1ccc2ccccc2c1-c1c(P(=O)(c2ccccc2)c2ccccc2)ccc2ccccc12.[Eu]. The number of aromatic hydroxyl groups is 1. The molecule has 0 bridgehead atoms. The van der Waals surface area contributed by atoms with Gasteiger partial charge < -0.3 is 18.8 Å². The van der Waals surface area contributed by atoms with E-state index in [0.29, 0.717) is 10.9 Å². The van der Waals surface area contributed by atoms with Gasteiger partial charge in [-0.2, -0.15) is 13.2 Å². The maximum Gasteiger partial charge on any atom is 0.455 e. The molecule has 73 heavy (non-hydrogen) atoms. The van der Waals surface area contributed by atoms with Crippen LogP contribution in [0.4, 0.5) is 13.2 Å². The number of carbonyl (C=O) groups is 1. The molecule has 0 aliphatic carbocycles. The smallest absolute Gasteiger partial charge is 0.455 e. The molecule has 361 valence electrons. The Kier molecular flexibility index (Phi) is 14.9. The number of aromatic nitrogens is 1. The summed E-state index contributed by atoms with van der Waals surface area (Å²) < 4.78 is 71.9. The van der Waals surface area contributed by atoms with Gasteiger partial charge in [0.25, 0.3) is 11.3 Å². The molecule has 0 aliphatic heterocycles. The quantitative estimate of drug-likeness (QED) is 0.0883. The van der Waals surface area contributed by atoms with Crippen molar-refractivity contribution < 1.29 is 81.6 Å². The molecule has 11 aromatic rings. The molecule has 0 atom stereocenters. The zero-order valence-electron chi connectivity index (χ0n) is 39.1. The van der Waals surface area contributed by atoms with E-state index >= 15 is 9.13 Å². The molecule has 6 nitrogen and oxygen atoms in total. The monoisotopic (exact) mass is 1140 g/mol. The predicted molar refractivity (Wildman–Crippen MR) is 289 cm³/mol. The number of halogens is 3. The number of pyridine rings is 1. The summed E-state index contributed by atoms with van der Waals surface area (Å²) in [5, 5.41) is 20.1. The van der Waals surface area contributed by atoms with Crippen molar-refractivity contribution in [1.29, 1.82) is 0 Å². The maximum atomic E-state index is 16.2. The van der Waals surface area contributed by atoms with E-state index in [1.165, 1.54) is 6.07 Å². The summed E-state index contributed by atoms with van der Waals surface area (Å²) in [6.07, 6.45) is -5.24. The van der Waals surface area contributed by atoms with Crippen LogP contribution in [0.15, 0.2) is 235 Å². The minimum atomic E-state index is -5.24. The largest absolute Gasteiger partial charge is 0.506 e. The molecule has 0 aliphatic rings. The molecule has 12 heteroatoms. The average molecular weight is 1140 g/mol. The molecule has 11 rings (SSSR count). The maximum absolute atomic E-state index is 16.2. The van der Waals surface area contributed by atoms with Crippen LogP contribution in [0.5, 0.6) is 5.75 Å². The fraction of sp³-hybridized carbons (Fsp3) is 0.0492. The van der Waals surface area contributed by atoms with Gasteiger partial charge in [0.1, 0.15) is 11.3 Å². The Hall–Kier alpha value is -6.51. The average Bonchev–Trinajstić information content (AvgIpc) is 3.43. The third kappa shape index (κ3) is 9.19. The second-order valence-corrected chi connectivity index (χ2v) is 22.7. The van der Waals surface area contributed by atoms with Crippen LogP contribution >= 0.6 is 14.3 Å². The molecular formula is C61H44EuF3NO5P2. The van der Waals surface area contributed by atoms with Gasteiger partial charge in [-0.3, -0.25) is 9.59 Å². The van der Waals surface area contributed by atoms with E-state index < -0.39 is 43.1 Å². The fourth-order valence-electron chi connectivity index (χ4n) is 9.83. The van der Waals surface area contributed by atoms with Gasteiger partial charge in [-0.1, -0.05) is 212 Å². The summed E-state index contributed by atoms with van der Waals surface area (Å²) >= 11 is 0. The number of aryl methyl sites for hydroxylation is 1. The first-order valence-corrected chi connectivity index (χ1v) is 26.6. The Balaban J connectivity index is 0.000000221. The van der Waals surface area contributed by atoms with Crippen molar-refractivity contribution in [3.63, 3.8) is 0 Å². The summed E-state index contributed by atoms with van der Waals surface area (Å²) in [6.45, 7) is 1.64. The molecule has 0 saturated carbocycles. The van der Waals surface area contributed by atoms with Gasteiger partial charge in [-0.05, 0) is 52.1 Å². The molecule has 1 heterocycles. The number of hydrogen-bond acceptors (Lipinski definition) is 5. The Bertz CT molecular complexity index is 3760. The predicted octanol–water partition coefficient (Wildman–Crippen LogP) is 12.6. The summed E-state index contributed by atoms with van der Waals surface area (Å²) in [6, 6.07) is 74.0. The first-order chi connectivity index (χ1) is 34.9. The fourth-order valence-corrected chi connectivity index (χ4v) is 15.6. The number of rotatable bonds is 9. The summed E-state index contributed by atoms with van der Waals surface area (Å²) in [7, 11) is -6.94. The van der Waals surface area contributed by atoms with Crippen molar-refractivity contribution in [3.05, 3.63) is 246 Å². The Morgan fingerprint density at radius 3 is 1.16 bits per heavy atom. The molecule has 1 N–H and O–H groups in total. The van der Waals surface area contributed by atoms with E-state index in [2.05, 4.69) is 36.4 Å². The third-order valence-electron chi connectivity index (χ3n) is 13.1. The molecule has 1 radical (unpaired) electrons. The van der Waals surface area contributed by atoms with Crippen LogP contribution in [0.1, 0.15) is 17.3 Å². The van der Waals surface area contributed by atoms with Crippen molar-refractivity contribution in [1.82, 2.24) is 4.57 Å². The third-order valence-corrected chi connectivity index (χ3v) is 19.3. The number of benzene rings is 10. The van der Waals surface area contributed by atoms with Crippen LogP contribution in [0.25, 0.3) is 54.3 Å². The van der Waals surface area contributed by atoms with Crippen LogP contribution in [0.3, 0.4) is 0 Å². The van der Waals surface area contributed by atoms with Crippen molar-refractivity contribution in [2.45, 2.75) is 19.6 Å². The van der Waals surface area contributed by atoms with Crippen LogP contribution in [0.2, 0.25) is 0 Å². The van der Waals surface area contributed by atoms with Gasteiger partial charge in [-0.15, -0.1) is 0 Å². The first kappa shape index (κ1) is 51.4. The summed E-state index contributed by atoms with van der Waals surface area (Å²) in [5.74, 6) is -3.28. The molecule has 0 spiro atoms. The second kappa shape index (κ2) is 21.1. The van der Waals surface area contributed by atoms with E-state index in [-0.39, 0.29) is 61.3 Å². The molecule has 0 saturated heterocycles. The number of carbonyl (C=O) groups excluding carboxylic acids is 1. The van der Waals surface area contributed by atoms with Crippen molar-refractivity contribution in [3.8, 4) is 16.9 Å². The number of Topliss-reactive ketones (excluding diaryl/α,β-unsaturated/α-hetero) is 1. The van der Waals surface area contributed by atoms with Gasteiger partial charge >= 0.3 is 6.18 Å². The summed E-state index contributed by atoms with van der Waals surface area (Å²) in [5.41, 5.74) is -0.392. The van der Waals surface area contributed by atoms with E-state index in [1.807, 2.05) is 158 Å². The van der Waals surface area contributed by atoms with Crippen LogP contribution in [-0.4, -0.2) is 21.6 Å². The molecule has 1 aromatic heterocycles. The van der Waals surface area contributed by atoms with E-state index in [4.69, 9.17) is 0 Å². The topological polar surface area (TPSA) is 93.4 Å². The van der Waals surface area contributed by atoms with E-state index in [9.17, 15) is 27.9 Å². The standard InChI is InChI=1S/C44H32O2P2.C17H12F3NO3.Eu/c45-47(35-19-5-1-6-20-35,36-21-7-2-8-22-36)41-31-29-33-17-13-15-27-39(33)43(41)44-40-28-16-14-18-34(40)30-32-42(44)48(46,37-23-9-3-10-24-37)38-25-11-4-12-26-38;1-2-21-13-10-6-4-3-5-9(10)7-8-11(13)14(22)12(16(21)24)15(23)17(18,19)20;/h1-32H;3-8,22H,2H2,1H3;. The minimum absolute atomic E-state index is 0. The number of hydrogen-bond donors (Lipinski definition) is 1. The Labute approximate surface area is 460 Å². The van der Waals surface area contributed by atoms with Gasteiger partial charge in [0, 0.05) is 110 Å². The van der Waals surface area contributed by atoms with E-state index in [0.717, 1.165) is 74.5 Å².